The quantitative estimate of drug-likeness (QED) is 0.748. The van der Waals surface area contributed by atoms with Gasteiger partial charge in [-0.05, 0) is 25.0 Å². The van der Waals surface area contributed by atoms with Crippen LogP contribution in [0.15, 0.2) is 17.1 Å². The maximum atomic E-state index is 5.71. The second-order valence-corrected chi connectivity index (χ2v) is 4.24. The Kier molecular flexibility index (Phi) is 4.02. The maximum Gasteiger partial charge on any atom is 0.132 e. The topological polar surface area (TPSA) is 30.8 Å². The van der Waals surface area contributed by atoms with Gasteiger partial charge in [0.1, 0.15) is 18.1 Å². The Bertz CT molecular complexity index is 413. The summed E-state index contributed by atoms with van der Waals surface area (Å²) in [5, 5.41) is 0. The molecule has 1 aliphatic heterocycles. The number of unbranched alkanes of at least 4 members (excludes halogenated alkanes) is 1. The number of aliphatic imine (C=N–C) groups is 1. The zero-order valence-electron chi connectivity index (χ0n) is 10.5. The molecule has 0 fully saturated rings. The smallest absolute Gasteiger partial charge is 0.132 e. The molecule has 92 valence electrons. The van der Waals surface area contributed by atoms with Crippen LogP contribution in [0.1, 0.15) is 30.9 Å². The van der Waals surface area contributed by atoms with Gasteiger partial charge in [0.2, 0.25) is 0 Å². The first-order valence-electron chi connectivity index (χ1n) is 6.21. The van der Waals surface area contributed by atoms with Crippen LogP contribution in [0.5, 0.6) is 11.5 Å². The zero-order chi connectivity index (χ0) is 12.1. The van der Waals surface area contributed by atoms with E-state index < -0.39 is 0 Å². The van der Waals surface area contributed by atoms with Gasteiger partial charge in [0.25, 0.3) is 0 Å². The minimum Gasteiger partial charge on any atom is -0.493 e. The standard InChI is InChI=1S/C14H19NO2/c1-3-4-6-16-12-8-11(2)13-10-15-5-7-17-14(13)9-12/h8-10H,3-7H2,1-2H3. The number of rotatable bonds is 4. The molecule has 0 atom stereocenters. The fraction of sp³-hybridized carbons (Fsp3) is 0.500. The van der Waals surface area contributed by atoms with Crippen LogP contribution in [0.4, 0.5) is 0 Å². The predicted molar refractivity (Wildman–Crippen MR) is 69.5 cm³/mol. The van der Waals surface area contributed by atoms with Crippen molar-refractivity contribution in [3.05, 3.63) is 23.3 Å². The number of ether oxygens (including phenoxy) is 2. The Morgan fingerprint density at radius 2 is 2.29 bits per heavy atom. The lowest BCUT2D eigenvalue weighted by atomic mass is 10.1. The van der Waals surface area contributed by atoms with Crippen molar-refractivity contribution in [3.8, 4) is 11.5 Å². The lowest BCUT2D eigenvalue weighted by Crippen LogP contribution is -2.02. The van der Waals surface area contributed by atoms with Crippen molar-refractivity contribution < 1.29 is 9.47 Å². The highest BCUT2D eigenvalue weighted by Gasteiger charge is 2.10. The van der Waals surface area contributed by atoms with Crippen LogP contribution in [-0.2, 0) is 0 Å². The summed E-state index contributed by atoms with van der Waals surface area (Å²) in [5.74, 6) is 1.78. The molecule has 1 aromatic rings. The summed E-state index contributed by atoms with van der Waals surface area (Å²) in [6, 6.07) is 4.02. The summed E-state index contributed by atoms with van der Waals surface area (Å²) in [7, 11) is 0. The molecule has 0 unspecified atom stereocenters. The summed E-state index contributed by atoms with van der Waals surface area (Å²) >= 11 is 0. The van der Waals surface area contributed by atoms with E-state index in [1.807, 2.05) is 12.3 Å². The first kappa shape index (κ1) is 12.0. The van der Waals surface area contributed by atoms with Gasteiger partial charge in [0.05, 0.1) is 13.2 Å². The fourth-order valence-electron chi connectivity index (χ4n) is 1.80. The van der Waals surface area contributed by atoms with Crippen LogP contribution in [0.2, 0.25) is 0 Å². The first-order valence-corrected chi connectivity index (χ1v) is 6.21. The zero-order valence-corrected chi connectivity index (χ0v) is 10.5. The van der Waals surface area contributed by atoms with Gasteiger partial charge in [-0.25, -0.2) is 0 Å². The lowest BCUT2D eigenvalue weighted by Gasteiger charge is -2.12. The van der Waals surface area contributed by atoms with Crippen molar-refractivity contribution in [3.63, 3.8) is 0 Å². The molecule has 2 rings (SSSR count). The molecular formula is C14H19NO2. The van der Waals surface area contributed by atoms with E-state index in [1.54, 1.807) is 0 Å². The molecule has 1 aromatic carbocycles. The van der Waals surface area contributed by atoms with Gasteiger partial charge in [-0.1, -0.05) is 13.3 Å². The van der Waals surface area contributed by atoms with Crippen LogP contribution in [0.3, 0.4) is 0 Å². The van der Waals surface area contributed by atoms with Crippen LogP contribution in [0.25, 0.3) is 0 Å². The minimum atomic E-state index is 0.640. The largest absolute Gasteiger partial charge is 0.493 e. The molecule has 0 aliphatic carbocycles. The van der Waals surface area contributed by atoms with Gasteiger partial charge in [-0.3, -0.25) is 4.99 Å². The Morgan fingerprint density at radius 3 is 3.12 bits per heavy atom. The monoisotopic (exact) mass is 233 g/mol. The molecule has 0 saturated carbocycles. The van der Waals surface area contributed by atoms with Crippen LogP contribution >= 0.6 is 0 Å². The molecule has 1 aliphatic rings. The summed E-state index contributed by atoms with van der Waals surface area (Å²) in [6.07, 6.45) is 4.12. The molecule has 0 radical (unpaired) electrons. The lowest BCUT2D eigenvalue weighted by molar-refractivity contribution is 0.301. The second kappa shape index (κ2) is 5.71. The van der Waals surface area contributed by atoms with E-state index in [9.17, 15) is 0 Å². The minimum absolute atomic E-state index is 0.640. The highest BCUT2D eigenvalue weighted by Crippen LogP contribution is 2.28. The number of nitrogens with zero attached hydrogens (tertiary/aromatic N) is 1. The Hall–Kier alpha value is -1.51. The van der Waals surface area contributed by atoms with Crippen molar-refractivity contribution in [2.24, 2.45) is 4.99 Å². The molecule has 3 nitrogen and oxygen atoms in total. The average Bonchev–Trinajstić information content (AvgIpc) is 2.55. The second-order valence-electron chi connectivity index (χ2n) is 4.24. The van der Waals surface area contributed by atoms with Gasteiger partial charge in [0, 0.05) is 17.8 Å². The number of aryl methyl sites for hydroxylation is 1. The third-order valence-electron chi connectivity index (χ3n) is 2.79. The Labute approximate surface area is 102 Å². The SMILES string of the molecule is CCCCOc1cc(C)c2c(c1)OCCN=C2. The molecule has 0 spiro atoms. The van der Waals surface area contributed by atoms with Crippen LogP contribution in [0, 0.1) is 6.92 Å². The van der Waals surface area contributed by atoms with Crippen molar-refractivity contribution in [1.82, 2.24) is 0 Å². The number of hydrogen-bond acceptors (Lipinski definition) is 3. The summed E-state index contributed by atoms with van der Waals surface area (Å²) in [5.41, 5.74) is 2.23. The summed E-state index contributed by atoms with van der Waals surface area (Å²) in [4.78, 5) is 4.29. The molecule has 0 aromatic heterocycles. The van der Waals surface area contributed by atoms with Crippen LogP contribution < -0.4 is 9.47 Å². The van der Waals surface area contributed by atoms with Crippen molar-refractivity contribution in [2.75, 3.05) is 19.8 Å². The molecule has 0 bridgehead atoms. The third kappa shape index (κ3) is 2.99. The van der Waals surface area contributed by atoms with E-state index in [-0.39, 0.29) is 0 Å². The van der Waals surface area contributed by atoms with E-state index in [2.05, 4.69) is 24.9 Å². The highest BCUT2D eigenvalue weighted by atomic mass is 16.5. The van der Waals surface area contributed by atoms with Gasteiger partial charge in [-0.15, -0.1) is 0 Å². The number of hydrogen-bond donors (Lipinski definition) is 0. The van der Waals surface area contributed by atoms with E-state index in [4.69, 9.17) is 9.47 Å². The first-order chi connectivity index (χ1) is 8.31. The van der Waals surface area contributed by atoms with E-state index in [1.165, 1.54) is 0 Å². The fourth-order valence-corrected chi connectivity index (χ4v) is 1.80. The highest BCUT2D eigenvalue weighted by molar-refractivity contribution is 5.86. The predicted octanol–water partition coefficient (Wildman–Crippen LogP) is 2.99. The van der Waals surface area contributed by atoms with E-state index in [0.29, 0.717) is 6.61 Å². The Balaban J connectivity index is 2.18. The average molecular weight is 233 g/mol. The van der Waals surface area contributed by atoms with Crippen molar-refractivity contribution >= 4 is 6.21 Å². The maximum absolute atomic E-state index is 5.71. The molecule has 17 heavy (non-hydrogen) atoms. The molecule has 0 N–H and O–H groups in total. The number of fused-ring (bicyclic) bond motifs is 1. The summed E-state index contributed by atoms with van der Waals surface area (Å²) < 4.78 is 11.4. The van der Waals surface area contributed by atoms with E-state index >= 15 is 0 Å². The van der Waals surface area contributed by atoms with Crippen molar-refractivity contribution in [2.45, 2.75) is 26.7 Å². The molecule has 0 saturated heterocycles. The van der Waals surface area contributed by atoms with Crippen LogP contribution in [-0.4, -0.2) is 26.0 Å². The summed E-state index contributed by atoms with van der Waals surface area (Å²) in [6.45, 7) is 6.35. The van der Waals surface area contributed by atoms with Gasteiger partial charge in [-0.2, -0.15) is 0 Å². The van der Waals surface area contributed by atoms with Gasteiger partial charge < -0.3 is 9.47 Å². The van der Waals surface area contributed by atoms with E-state index in [0.717, 1.165) is 48.6 Å². The molecule has 0 amide bonds. The normalized spacial score (nSPS) is 13.8. The molecule has 3 heteroatoms. The van der Waals surface area contributed by atoms with Crippen molar-refractivity contribution in [1.29, 1.82) is 0 Å². The molecular weight excluding hydrogens is 214 g/mol. The Morgan fingerprint density at radius 1 is 1.41 bits per heavy atom. The van der Waals surface area contributed by atoms with Gasteiger partial charge in [0.15, 0.2) is 0 Å². The number of benzene rings is 1. The van der Waals surface area contributed by atoms with Gasteiger partial charge >= 0.3 is 0 Å². The third-order valence-corrected chi connectivity index (χ3v) is 2.79. The molecule has 1 heterocycles.